The Labute approximate surface area is 223 Å². The van der Waals surface area contributed by atoms with Crippen LogP contribution in [-0.2, 0) is 28.4 Å². The van der Waals surface area contributed by atoms with Crippen molar-refractivity contribution in [1.29, 1.82) is 0 Å². The fourth-order valence-corrected chi connectivity index (χ4v) is 5.93. The minimum atomic E-state index is -1.44. The van der Waals surface area contributed by atoms with Gasteiger partial charge in [-0.15, -0.1) is 0 Å². The van der Waals surface area contributed by atoms with Gasteiger partial charge in [0.05, 0.1) is 37.6 Å². The molecule has 12 nitrogen and oxygen atoms in total. The van der Waals surface area contributed by atoms with Gasteiger partial charge in [0.2, 0.25) is 0 Å². The van der Waals surface area contributed by atoms with Gasteiger partial charge >= 0.3 is 0 Å². The summed E-state index contributed by atoms with van der Waals surface area (Å²) in [7, 11) is 0. The van der Waals surface area contributed by atoms with Crippen LogP contribution < -0.4 is 0 Å². The maximum Gasteiger partial charge on any atom is 0.187 e. The Morgan fingerprint density at radius 2 is 1.47 bits per heavy atom. The van der Waals surface area contributed by atoms with Crippen LogP contribution in [0.1, 0.15) is 58.8 Å². The number of hydrogen-bond acceptors (Lipinski definition) is 12. The van der Waals surface area contributed by atoms with Crippen molar-refractivity contribution in [3.8, 4) is 0 Å². The lowest BCUT2D eigenvalue weighted by molar-refractivity contribution is -0.353. The molecule has 38 heavy (non-hydrogen) atoms. The van der Waals surface area contributed by atoms with Gasteiger partial charge in [-0.1, -0.05) is 26.2 Å². The van der Waals surface area contributed by atoms with Crippen LogP contribution >= 0.6 is 0 Å². The lowest BCUT2D eigenvalue weighted by Gasteiger charge is -2.48. The number of rotatable bonds is 6. The average molecular weight is 551 g/mol. The molecule has 0 aromatic carbocycles. The molecule has 4 fully saturated rings. The van der Waals surface area contributed by atoms with E-state index in [0.717, 1.165) is 32.1 Å². The van der Waals surface area contributed by atoms with Gasteiger partial charge in [0.25, 0.3) is 0 Å². The highest BCUT2D eigenvalue weighted by molar-refractivity contribution is 4.94. The lowest BCUT2D eigenvalue weighted by Crippen LogP contribution is -2.63. The average Bonchev–Trinajstić information content (AvgIpc) is 2.91. The number of aliphatic hydroxyl groups is 6. The van der Waals surface area contributed by atoms with Crippen LogP contribution in [0.25, 0.3) is 0 Å². The molecule has 0 spiro atoms. The van der Waals surface area contributed by atoms with Crippen molar-refractivity contribution < 1.29 is 59.1 Å². The Hall–Kier alpha value is -0.480. The summed E-state index contributed by atoms with van der Waals surface area (Å²) in [6.45, 7) is 3.35. The zero-order valence-corrected chi connectivity index (χ0v) is 22.3. The highest BCUT2D eigenvalue weighted by atomic mass is 16.7. The monoisotopic (exact) mass is 550 g/mol. The number of hydrogen-bond donors (Lipinski definition) is 6. The molecule has 0 aromatic rings. The second kappa shape index (κ2) is 13.9. The van der Waals surface area contributed by atoms with E-state index in [1.54, 1.807) is 6.92 Å². The van der Waals surface area contributed by atoms with Gasteiger partial charge in [-0.25, -0.2) is 0 Å². The quantitative estimate of drug-likeness (QED) is 0.243. The minimum Gasteiger partial charge on any atom is -0.394 e. The highest BCUT2D eigenvalue weighted by Gasteiger charge is 2.51. The normalized spacial score (nSPS) is 49.3. The Kier molecular flexibility index (Phi) is 11.2. The van der Waals surface area contributed by atoms with Crippen molar-refractivity contribution in [2.24, 2.45) is 5.92 Å². The fourth-order valence-electron chi connectivity index (χ4n) is 5.93. The van der Waals surface area contributed by atoms with E-state index >= 15 is 0 Å². The molecule has 0 aromatic heterocycles. The summed E-state index contributed by atoms with van der Waals surface area (Å²) in [6.07, 6.45) is -6.86. The molecule has 6 N–H and O–H groups in total. The van der Waals surface area contributed by atoms with E-state index in [9.17, 15) is 30.6 Å². The molecular formula is C26H46O12. The van der Waals surface area contributed by atoms with E-state index in [4.69, 9.17) is 28.4 Å². The van der Waals surface area contributed by atoms with Crippen molar-refractivity contribution in [2.45, 2.75) is 139 Å². The van der Waals surface area contributed by atoms with Gasteiger partial charge in [-0.3, -0.25) is 0 Å². The van der Waals surface area contributed by atoms with Crippen molar-refractivity contribution in [2.75, 3.05) is 19.8 Å². The van der Waals surface area contributed by atoms with Gasteiger partial charge < -0.3 is 59.1 Å². The standard InChI is InChI=1S/C26H46O12/c1-13-7-6-9-16(22(13)38-25-21(32)20(31)18(29)14(2)34-25)36-26-24-23(19(30)17(12-28)37-26)35-15(11-27)8-4-3-5-10-33-24/h13-32H,3-12H2,1-2H3/t13?,14?,15-,16-,17?,18-,19+,20?,21+,22?,23?,24?,25+,26-/m1/s1. The first-order valence-electron chi connectivity index (χ1n) is 14.1. The van der Waals surface area contributed by atoms with E-state index < -0.39 is 86.3 Å². The molecule has 1 saturated carbocycles. The van der Waals surface area contributed by atoms with Gasteiger partial charge in [0.15, 0.2) is 12.6 Å². The van der Waals surface area contributed by atoms with Gasteiger partial charge in [0, 0.05) is 6.61 Å². The molecule has 222 valence electrons. The van der Waals surface area contributed by atoms with E-state index in [2.05, 4.69) is 0 Å². The van der Waals surface area contributed by atoms with Crippen LogP contribution in [0.15, 0.2) is 0 Å². The zero-order chi connectivity index (χ0) is 27.4. The van der Waals surface area contributed by atoms with Gasteiger partial charge in [-0.05, 0) is 38.5 Å². The molecule has 3 saturated heterocycles. The number of aliphatic hydroxyl groups excluding tert-OH is 6. The topological polar surface area (TPSA) is 177 Å². The largest absolute Gasteiger partial charge is 0.394 e. The van der Waals surface area contributed by atoms with Gasteiger partial charge in [0.1, 0.15) is 42.7 Å². The van der Waals surface area contributed by atoms with Crippen LogP contribution in [0, 0.1) is 5.92 Å². The van der Waals surface area contributed by atoms with Crippen LogP contribution in [0.4, 0.5) is 0 Å². The van der Waals surface area contributed by atoms with E-state index in [-0.39, 0.29) is 12.5 Å². The predicted molar refractivity (Wildman–Crippen MR) is 131 cm³/mol. The summed E-state index contributed by atoms with van der Waals surface area (Å²) < 4.78 is 36.6. The Morgan fingerprint density at radius 1 is 0.684 bits per heavy atom. The molecule has 0 amide bonds. The molecular weight excluding hydrogens is 504 g/mol. The van der Waals surface area contributed by atoms with Crippen LogP contribution in [0.2, 0.25) is 0 Å². The number of ether oxygens (including phenoxy) is 6. The molecule has 4 aliphatic rings. The summed E-state index contributed by atoms with van der Waals surface area (Å²) in [4.78, 5) is 0. The van der Waals surface area contributed by atoms with Crippen LogP contribution in [0.5, 0.6) is 0 Å². The summed E-state index contributed by atoms with van der Waals surface area (Å²) in [5.74, 6) is 0.0162. The fraction of sp³-hybridized carbons (Fsp3) is 1.00. The highest BCUT2D eigenvalue weighted by Crippen LogP contribution is 2.36. The first-order chi connectivity index (χ1) is 18.2. The molecule has 1 aliphatic carbocycles. The Morgan fingerprint density at radius 3 is 2.21 bits per heavy atom. The third-order valence-corrected chi connectivity index (χ3v) is 8.32. The third-order valence-electron chi connectivity index (χ3n) is 8.32. The number of fused-ring (bicyclic) bond motifs is 1. The predicted octanol–water partition coefficient (Wildman–Crippen LogP) is -0.812. The lowest BCUT2D eigenvalue weighted by atomic mass is 9.85. The molecule has 3 heterocycles. The van der Waals surface area contributed by atoms with Crippen molar-refractivity contribution in [3.05, 3.63) is 0 Å². The Bertz CT molecular complexity index is 714. The maximum atomic E-state index is 11.0. The first kappa shape index (κ1) is 30.5. The zero-order valence-electron chi connectivity index (χ0n) is 22.3. The van der Waals surface area contributed by atoms with E-state index in [1.807, 2.05) is 6.92 Å². The first-order valence-corrected chi connectivity index (χ1v) is 14.1. The van der Waals surface area contributed by atoms with Crippen molar-refractivity contribution in [3.63, 3.8) is 0 Å². The summed E-state index contributed by atoms with van der Waals surface area (Å²) in [6, 6.07) is 0. The summed E-state index contributed by atoms with van der Waals surface area (Å²) in [5, 5.41) is 61.5. The molecule has 4 rings (SSSR count). The van der Waals surface area contributed by atoms with E-state index in [0.29, 0.717) is 19.4 Å². The smallest absolute Gasteiger partial charge is 0.187 e. The van der Waals surface area contributed by atoms with Crippen LogP contribution in [0.3, 0.4) is 0 Å². The van der Waals surface area contributed by atoms with Crippen molar-refractivity contribution in [1.82, 2.24) is 0 Å². The minimum absolute atomic E-state index is 0.0162. The van der Waals surface area contributed by atoms with Gasteiger partial charge in [-0.2, -0.15) is 0 Å². The molecule has 0 bridgehead atoms. The summed E-state index contributed by atoms with van der Waals surface area (Å²) >= 11 is 0. The Balaban J connectivity index is 1.53. The molecule has 12 heteroatoms. The molecule has 3 aliphatic heterocycles. The molecule has 14 atom stereocenters. The second-order valence-corrected chi connectivity index (χ2v) is 11.2. The van der Waals surface area contributed by atoms with Crippen LogP contribution in [-0.4, -0.2) is 130 Å². The second-order valence-electron chi connectivity index (χ2n) is 11.2. The maximum absolute atomic E-state index is 11.0. The third kappa shape index (κ3) is 6.87. The summed E-state index contributed by atoms with van der Waals surface area (Å²) in [5.41, 5.74) is 0. The SMILES string of the molecule is CC1CCC[C@@H](O[C@@H]2OC(CO)[C@H](O)C3O[C@@H](CO)CCCCCOC32)C1O[C@@H]1OC(C)[C@@H](O)C(O)[C@@H]1O. The molecule has 7 unspecified atom stereocenters. The molecule has 0 radical (unpaired) electrons. The van der Waals surface area contributed by atoms with Crippen molar-refractivity contribution >= 4 is 0 Å². The van der Waals surface area contributed by atoms with E-state index in [1.165, 1.54) is 0 Å².